The number of hydrogen-bond acceptors (Lipinski definition) is 3. The lowest BCUT2D eigenvalue weighted by Crippen LogP contribution is -2.37. The summed E-state index contributed by atoms with van der Waals surface area (Å²) in [6.07, 6.45) is 1.41. The summed E-state index contributed by atoms with van der Waals surface area (Å²) in [7, 11) is 0. The van der Waals surface area contributed by atoms with E-state index in [0.717, 1.165) is 16.3 Å². The monoisotopic (exact) mass is 397 g/mol. The summed E-state index contributed by atoms with van der Waals surface area (Å²) < 4.78 is 1.65. The van der Waals surface area contributed by atoms with Gasteiger partial charge in [0.05, 0.1) is 24.5 Å². The average Bonchev–Trinajstić information content (AvgIpc) is 3.34. The number of benzene rings is 3. The number of aromatic nitrogens is 2. The second kappa shape index (κ2) is 7.04. The number of amides is 3. The molecule has 1 aromatic heterocycles. The third kappa shape index (κ3) is 2.88. The summed E-state index contributed by atoms with van der Waals surface area (Å²) in [6.45, 7) is 0.440. The molecular formula is C23H19N5O2. The minimum atomic E-state index is -0.618. The topological polar surface area (TPSA) is 93.2 Å². The molecule has 2 heterocycles. The highest BCUT2D eigenvalue weighted by atomic mass is 16.2. The number of rotatable bonds is 3. The molecule has 0 aliphatic carbocycles. The lowest BCUT2D eigenvalue weighted by Gasteiger charge is -2.25. The first-order valence-corrected chi connectivity index (χ1v) is 9.62. The van der Waals surface area contributed by atoms with Crippen LogP contribution >= 0.6 is 0 Å². The molecule has 0 fully saturated rings. The maximum absolute atomic E-state index is 13.5. The van der Waals surface area contributed by atoms with Gasteiger partial charge in [0.25, 0.3) is 5.91 Å². The molecule has 1 unspecified atom stereocenters. The van der Waals surface area contributed by atoms with Crippen molar-refractivity contribution in [2.75, 3.05) is 10.2 Å². The van der Waals surface area contributed by atoms with Gasteiger partial charge in [-0.1, -0.05) is 66.7 Å². The minimum absolute atomic E-state index is 0.224. The first-order chi connectivity index (χ1) is 14.6. The van der Waals surface area contributed by atoms with Gasteiger partial charge in [-0.25, -0.2) is 9.48 Å². The first-order valence-electron chi connectivity index (χ1n) is 9.62. The number of hydrogen-bond donors (Lipinski definition) is 2. The summed E-state index contributed by atoms with van der Waals surface area (Å²) in [5.74, 6) is -0.206. The van der Waals surface area contributed by atoms with Crippen LogP contribution in [0.4, 0.5) is 16.3 Å². The van der Waals surface area contributed by atoms with Crippen LogP contribution < -0.4 is 16.0 Å². The molecule has 0 spiro atoms. The van der Waals surface area contributed by atoms with Crippen molar-refractivity contribution >= 4 is 34.2 Å². The first kappa shape index (κ1) is 17.9. The molecule has 3 aromatic carbocycles. The van der Waals surface area contributed by atoms with E-state index in [1.54, 1.807) is 9.58 Å². The van der Waals surface area contributed by atoms with Gasteiger partial charge in [0.1, 0.15) is 11.4 Å². The maximum Gasteiger partial charge on any atom is 0.328 e. The molecule has 0 saturated carbocycles. The van der Waals surface area contributed by atoms with E-state index in [2.05, 4.69) is 10.4 Å². The zero-order valence-electron chi connectivity index (χ0n) is 16.0. The summed E-state index contributed by atoms with van der Waals surface area (Å²) in [5, 5.41) is 9.26. The SMILES string of the molecule is NC(=O)c1cnn2c1N(C(=O)Nc1cccc3ccccc13)C(c1ccccc1)C2. The minimum Gasteiger partial charge on any atom is -0.365 e. The number of anilines is 2. The van der Waals surface area contributed by atoms with Gasteiger partial charge in [-0.15, -0.1) is 0 Å². The molecule has 7 heteroatoms. The Labute approximate surface area is 172 Å². The number of carbonyl (C=O) groups excluding carboxylic acids is 2. The van der Waals surface area contributed by atoms with E-state index < -0.39 is 5.91 Å². The highest BCUT2D eigenvalue weighted by molar-refractivity contribution is 6.10. The Morgan fingerprint density at radius 2 is 1.70 bits per heavy atom. The maximum atomic E-state index is 13.5. The Morgan fingerprint density at radius 3 is 2.50 bits per heavy atom. The Kier molecular flexibility index (Phi) is 4.21. The Hall–Kier alpha value is -4.13. The fourth-order valence-electron chi connectivity index (χ4n) is 4.01. The van der Waals surface area contributed by atoms with E-state index in [0.29, 0.717) is 18.1 Å². The quantitative estimate of drug-likeness (QED) is 0.548. The highest BCUT2D eigenvalue weighted by Gasteiger charge is 2.39. The fourth-order valence-corrected chi connectivity index (χ4v) is 4.01. The molecule has 4 aromatic rings. The third-order valence-electron chi connectivity index (χ3n) is 5.40. The number of primary amides is 1. The molecule has 3 N–H and O–H groups in total. The van der Waals surface area contributed by atoms with Crippen molar-refractivity contribution in [2.45, 2.75) is 12.6 Å². The van der Waals surface area contributed by atoms with Gasteiger partial charge in [0.2, 0.25) is 0 Å². The lowest BCUT2D eigenvalue weighted by molar-refractivity contribution is 0.100. The van der Waals surface area contributed by atoms with Crippen LogP contribution in [-0.2, 0) is 6.54 Å². The average molecular weight is 397 g/mol. The summed E-state index contributed by atoms with van der Waals surface area (Å²) in [6, 6.07) is 22.6. The number of fused-ring (bicyclic) bond motifs is 2. The van der Waals surface area contributed by atoms with Crippen LogP contribution in [0.5, 0.6) is 0 Å². The molecule has 1 atom stereocenters. The van der Waals surface area contributed by atoms with Crippen LogP contribution in [0.25, 0.3) is 10.8 Å². The fraction of sp³-hybridized carbons (Fsp3) is 0.0870. The highest BCUT2D eigenvalue weighted by Crippen LogP contribution is 2.38. The van der Waals surface area contributed by atoms with Crippen molar-refractivity contribution in [1.29, 1.82) is 0 Å². The van der Waals surface area contributed by atoms with Gasteiger partial charge in [0, 0.05) is 5.39 Å². The molecule has 3 amide bonds. The predicted molar refractivity (Wildman–Crippen MR) is 115 cm³/mol. The normalized spacial score (nSPS) is 15.2. The van der Waals surface area contributed by atoms with Gasteiger partial charge in [0.15, 0.2) is 0 Å². The number of nitrogens with two attached hydrogens (primary N) is 1. The molecule has 1 aliphatic heterocycles. The molecule has 1 aliphatic rings. The van der Waals surface area contributed by atoms with Crippen molar-refractivity contribution in [1.82, 2.24) is 9.78 Å². The van der Waals surface area contributed by atoms with Crippen molar-refractivity contribution in [3.8, 4) is 0 Å². The zero-order valence-corrected chi connectivity index (χ0v) is 16.0. The van der Waals surface area contributed by atoms with Gasteiger partial charge < -0.3 is 11.1 Å². The van der Waals surface area contributed by atoms with Gasteiger partial charge in [-0.3, -0.25) is 9.69 Å². The van der Waals surface area contributed by atoms with Crippen LogP contribution in [0.1, 0.15) is 22.0 Å². The number of urea groups is 1. The summed E-state index contributed by atoms with van der Waals surface area (Å²) in [5.41, 5.74) is 7.43. The van der Waals surface area contributed by atoms with Crippen molar-refractivity contribution in [2.24, 2.45) is 5.73 Å². The van der Waals surface area contributed by atoms with Gasteiger partial charge >= 0.3 is 6.03 Å². The zero-order chi connectivity index (χ0) is 20.7. The largest absolute Gasteiger partial charge is 0.365 e. The van der Waals surface area contributed by atoms with Crippen LogP contribution in [0.3, 0.4) is 0 Å². The molecule has 0 radical (unpaired) electrons. The summed E-state index contributed by atoms with van der Waals surface area (Å²) in [4.78, 5) is 27.0. The van der Waals surface area contributed by atoms with E-state index in [1.165, 1.54) is 6.20 Å². The number of nitrogens with one attached hydrogen (secondary N) is 1. The van der Waals surface area contributed by atoms with Crippen molar-refractivity contribution < 1.29 is 9.59 Å². The van der Waals surface area contributed by atoms with Crippen LogP contribution in [0.2, 0.25) is 0 Å². The van der Waals surface area contributed by atoms with Gasteiger partial charge in [-0.2, -0.15) is 5.10 Å². The third-order valence-corrected chi connectivity index (χ3v) is 5.40. The number of carbonyl (C=O) groups is 2. The molecule has 7 nitrogen and oxygen atoms in total. The molecule has 30 heavy (non-hydrogen) atoms. The van der Waals surface area contributed by atoms with E-state index in [9.17, 15) is 9.59 Å². The molecule has 0 bridgehead atoms. The Morgan fingerprint density at radius 1 is 0.967 bits per heavy atom. The van der Waals surface area contributed by atoms with E-state index in [4.69, 9.17) is 5.73 Å². The predicted octanol–water partition coefficient (Wildman–Crippen LogP) is 3.93. The Bertz CT molecular complexity index is 1260. The lowest BCUT2D eigenvalue weighted by atomic mass is 10.1. The van der Waals surface area contributed by atoms with E-state index in [1.807, 2.05) is 72.8 Å². The smallest absolute Gasteiger partial charge is 0.328 e. The standard InChI is InChI=1S/C23H19N5O2/c24-21(29)18-13-25-27-14-20(16-8-2-1-3-9-16)28(22(18)27)23(30)26-19-12-6-10-15-7-4-5-11-17(15)19/h1-13,20H,14H2,(H2,24,29)(H,26,30). The van der Waals surface area contributed by atoms with E-state index in [-0.39, 0.29) is 17.6 Å². The van der Waals surface area contributed by atoms with E-state index >= 15 is 0 Å². The molecule has 0 saturated heterocycles. The summed E-state index contributed by atoms with van der Waals surface area (Å²) >= 11 is 0. The van der Waals surface area contributed by atoms with Crippen LogP contribution in [-0.4, -0.2) is 21.7 Å². The Balaban J connectivity index is 1.58. The molecular weight excluding hydrogens is 378 g/mol. The second-order valence-corrected chi connectivity index (χ2v) is 7.18. The van der Waals surface area contributed by atoms with Crippen LogP contribution in [0, 0.1) is 0 Å². The van der Waals surface area contributed by atoms with Gasteiger partial charge in [-0.05, 0) is 17.0 Å². The van der Waals surface area contributed by atoms with Crippen molar-refractivity contribution in [3.63, 3.8) is 0 Å². The van der Waals surface area contributed by atoms with Crippen molar-refractivity contribution in [3.05, 3.63) is 90.1 Å². The second-order valence-electron chi connectivity index (χ2n) is 7.18. The number of nitrogens with zero attached hydrogens (tertiary/aromatic N) is 3. The molecule has 5 rings (SSSR count). The van der Waals surface area contributed by atoms with Crippen LogP contribution in [0.15, 0.2) is 79.0 Å². The molecule has 148 valence electrons.